The molecule has 1 fully saturated rings. The van der Waals surface area contributed by atoms with E-state index in [9.17, 15) is 8.42 Å². The van der Waals surface area contributed by atoms with Crippen LogP contribution in [0.25, 0.3) is 22.0 Å². The number of rotatable bonds is 7. The van der Waals surface area contributed by atoms with Gasteiger partial charge in [-0.1, -0.05) is 55.8 Å². The quantitative estimate of drug-likeness (QED) is 0.518. The van der Waals surface area contributed by atoms with Crippen molar-refractivity contribution >= 4 is 32.5 Å². The molecule has 0 radical (unpaired) electrons. The molecular weight excluding hydrogens is 404 g/mol. The van der Waals surface area contributed by atoms with Gasteiger partial charge in [0, 0.05) is 40.3 Å². The van der Waals surface area contributed by atoms with Crippen molar-refractivity contribution < 1.29 is 8.42 Å². The highest BCUT2D eigenvalue weighted by molar-refractivity contribution is 7.90. The van der Waals surface area contributed by atoms with E-state index < -0.39 is 10.0 Å². The predicted molar refractivity (Wildman–Crippen MR) is 121 cm³/mol. The minimum atomic E-state index is -3.25. The maximum Gasteiger partial charge on any atom is 0.215 e. The Kier molecular flexibility index (Phi) is 5.49. The van der Waals surface area contributed by atoms with Gasteiger partial charge in [0.05, 0.1) is 5.25 Å². The van der Waals surface area contributed by atoms with Gasteiger partial charge in [-0.2, -0.15) is 0 Å². The molecule has 0 aliphatic heterocycles. The van der Waals surface area contributed by atoms with Crippen LogP contribution in [-0.4, -0.2) is 18.2 Å². The molecule has 1 atom stereocenters. The van der Waals surface area contributed by atoms with Crippen molar-refractivity contribution in [1.29, 1.82) is 0 Å². The third-order valence-electron chi connectivity index (χ3n) is 5.43. The molecule has 1 N–H and O–H groups in total. The SMILES string of the molecule is CC(C)Cn1cc([C@@H](C)NS(=O)(=O)C2CC2)c2ccc(-c3ccccc3Cl)cc21. The zero-order valence-corrected chi connectivity index (χ0v) is 18.6. The number of hydrogen-bond donors (Lipinski definition) is 1. The summed E-state index contributed by atoms with van der Waals surface area (Å²) < 4.78 is 30.0. The lowest BCUT2D eigenvalue weighted by molar-refractivity contribution is 0.532. The Morgan fingerprint density at radius 2 is 1.86 bits per heavy atom. The summed E-state index contributed by atoms with van der Waals surface area (Å²) in [4.78, 5) is 0. The largest absolute Gasteiger partial charge is 0.347 e. The van der Waals surface area contributed by atoms with Crippen LogP contribution in [-0.2, 0) is 16.6 Å². The number of aromatic nitrogens is 1. The number of benzene rings is 2. The van der Waals surface area contributed by atoms with Crippen LogP contribution < -0.4 is 4.72 Å². The van der Waals surface area contributed by atoms with E-state index in [1.807, 2.05) is 31.2 Å². The molecule has 154 valence electrons. The molecule has 6 heteroatoms. The molecule has 1 aromatic heterocycles. The lowest BCUT2D eigenvalue weighted by Crippen LogP contribution is -2.29. The Labute approximate surface area is 177 Å². The van der Waals surface area contributed by atoms with Crippen molar-refractivity contribution in [3.05, 3.63) is 59.2 Å². The molecule has 1 saturated carbocycles. The summed E-state index contributed by atoms with van der Waals surface area (Å²) in [6, 6.07) is 13.9. The molecule has 0 bridgehead atoms. The number of halogens is 1. The highest BCUT2D eigenvalue weighted by Gasteiger charge is 2.36. The first-order valence-corrected chi connectivity index (χ1v) is 12.1. The zero-order valence-electron chi connectivity index (χ0n) is 17.0. The van der Waals surface area contributed by atoms with Crippen LogP contribution in [0.15, 0.2) is 48.7 Å². The maximum absolute atomic E-state index is 12.4. The molecule has 3 aromatic rings. The zero-order chi connectivity index (χ0) is 20.8. The number of hydrogen-bond acceptors (Lipinski definition) is 2. The number of nitrogens with one attached hydrogen (secondary N) is 1. The summed E-state index contributed by atoms with van der Waals surface area (Å²) in [6.45, 7) is 7.16. The fourth-order valence-corrected chi connectivity index (χ4v) is 5.67. The van der Waals surface area contributed by atoms with Gasteiger partial charge in [0.2, 0.25) is 10.0 Å². The Hall–Kier alpha value is -1.82. The van der Waals surface area contributed by atoms with Crippen molar-refractivity contribution in [1.82, 2.24) is 9.29 Å². The van der Waals surface area contributed by atoms with Gasteiger partial charge < -0.3 is 4.57 Å². The second-order valence-electron chi connectivity index (χ2n) is 8.43. The lowest BCUT2D eigenvalue weighted by atomic mass is 10.0. The van der Waals surface area contributed by atoms with Gasteiger partial charge in [0.1, 0.15) is 0 Å². The van der Waals surface area contributed by atoms with Gasteiger partial charge in [-0.15, -0.1) is 0 Å². The number of fused-ring (bicyclic) bond motifs is 1. The molecular formula is C23H27ClN2O2S. The Morgan fingerprint density at radius 3 is 2.52 bits per heavy atom. The van der Waals surface area contributed by atoms with E-state index in [-0.39, 0.29) is 11.3 Å². The Morgan fingerprint density at radius 1 is 1.14 bits per heavy atom. The first-order valence-electron chi connectivity index (χ1n) is 10.1. The van der Waals surface area contributed by atoms with Crippen molar-refractivity contribution in [3.8, 4) is 11.1 Å². The monoisotopic (exact) mass is 430 g/mol. The molecule has 0 saturated heterocycles. The predicted octanol–water partition coefficient (Wildman–Crippen LogP) is 5.76. The highest BCUT2D eigenvalue weighted by Crippen LogP contribution is 2.35. The van der Waals surface area contributed by atoms with Crippen LogP contribution in [0.3, 0.4) is 0 Å². The van der Waals surface area contributed by atoms with Gasteiger partial charge in [-0.25, -0.2) is 13.1 Å². The summed E-state index contributed by atoms with van der Waals surface area (Å²) >= 11 is 6.41. The Balaban J connectivity index is 1.78. The summed E-state index contributed by atoms with van der Waals surface area (Å²) in [5.41, 5.74) is 4.17. The normalized spacial score (nSPS) is 15.9. The lowest BCUT2D eigenvalue weighted by Gasteiger charge is -2.13. The second kappa shape index (κ2) is 7.78. The standard InChI is InChI=1S/C23H27ClN2O2S/c1-15(2)13-26-14-21(16(3)25-29(27,28)18-9-10-18)20-11-8-17(12-23(20)26)19-6-4-5-7-22(19)24/h4-8,11-12,14-16,18,25H,9-10,13H2,1-3H3/t16-/m1/s1. The van der Waals surface area contributed by atoms with E-state index in [1.54, 1.807) is 0 Å². The molecule has 1 heterocycles. The average Bonchev–Trinajstić information content (AvgIpc) is 3.46. The summed E-state index contributed by atoms with van der Waals surface area (Å²) in [6.07, 6.45) is 3.62. The second-order valence-corrected chi connectivity index (χ2v) is 10.8. The van der Waals surface area contributed by atoms with Gasteiger partial charge in [0.15, 0.2) is 0 Å². The van der Waals surface area contributed by atoms with Crippen molar-refractivity contribution in [2.24, 2.45) is 5.92 Å². The molecule has 4 rings (SSSR count). The van der Waals surface area contributed by atoms with Gasteiger partial charge in [-0.05, 0) is 48.9 Å². The third-order valence-corrected chi connectivity index (χ3v) is 7.79. The topological polar surface area (TPSA) is 51.1 Å². The van der Waals surface area contributed by atoms with Crippen LogP contribution in [0, 0.1) is 5.92 Å². The fourth-order valence-electron chi connectivity index (χ4n) is 3.86. The van der Waals surface area contributed by atoms with E-state index >= 15 is 0 Å². The van der Waals surface area contributed by atoms with E-state index in [4.69, 9.17) is 11.6 Å². The third kappa shape index (κ3) is 4.23. The van der Waals surface area contributed by atoms with Crippen molar-refractivity contribution in [3.63, 3.8) is 0 Å². The van der Waals surface area contributed by atoms with Crippen LogP contribution in [0.1, 0.15) is 45.2 Å². The number of nitrogens with zero attached hydrogens (tertiary/aromatic N) is 1. The first-order chi connectivity index (χ1) is 13.8. The molecule has 0 amide bonds. The summed E-state index contributed by atoms with van der Waals surface area (Å²) in [5.74, 6) is 0.473. The van der Waals surface area contributed by atoms with E-state index in [0.29, 0.717) is 5.92 Å². The molecule has 0 spiro atoms. The average molecular weight is 431 g/mol. The minimum absolute atomic E-state index is 0.221. The molecule has 0 unspecified atom stereocenters. The highest BCUT2D eigenvalue weighted by atomic mass is 35.5. The minimum Gasteiger partial charge on any atom is -0.347 e. The van der Waals surface area contributed by atoms with Gasteiger partial charge in [0.25, 0.3) is 0 Å². The smallest absolute Gasteiger partial charge is 0.215 e. The molecule has 4 nitrogen and oxygen atoms in total. The van der Waals surface area contributed by atoms with Crippen LogP contribution >= 0.6 is 11.6 Å². The summed E-state index contributed by atoms with van der Waals surface area (Å²) in [5, 5.41) is 1.58. The number of sulfonamides is 1. The fraction of sp³-hybridized carbons (Fsp3) is 0.391. The van der Waals surface area contributed by atoms with E-state index in [1.165, 1.54) is 0 Å². The van der Waals surface area contributed by atoms with Crippen LogP contribution in [0.5, 0.6) is 0 Å². The summed E-state index contributed by atoms with van der Waals surface area (Å²) in [7, 11) is -3.25. The van der Waals surface area contributed by atoms with E-state index in [2.05, 4.69) is 47.5 Å². The van der Waals surface area contributed by atoms with Crippen molar-refractivity contribution in [2.75, 3.05) is 0 Å². The first kappa shape index (κ1) is 20.5. The molecule has 1 aliphatic rings. The van der Waals surface area contributed by atoms with Crippen LogP contribution in [0.4, 0.5) is 0 Å². The van der Waals surface area contributed by atoms with Crippen LogP contribution in [0.2, 0.25) is 5.02 Å². The molecule has 29 heavy (non-hydrogen) atoms. The van der Waals surface area contributed by atoms with Gasteiger partial charge >= 0.3 is 0 Å². The molecule has 1 aliphatic carbocycles. The van der Waals surface area contributed by atoms with Gasteiger partial charge in [-0.3, -0.25) is 0 Å². The maximum atomic E-state index is 12.4. The van der Waals surface area contributed by atoms with Crippen molar-refractivity contribution in [2.45, 2.75) is 51.4 Å². The Bertz CT molecular complexity index is 1150. The van der Waals surface area contributed by atoms with E-state index in [0.717, 1.165) is 52.0 Å². The molecule has 2 aromatic carbocycles.